The molecule has 0 saturated carbocycles. The van der Waals surface area contributed by atoms with Crippen molar-refractivity contribution in [1.29, 1.82) is 0 Å². The van der Waals surface area contributed by atoms with Gasteiger partial charge in [0.05, 0.1) is 0 Å². The van der Waals surface area contributed by atoms with Crippen LogP contribution in [-0.4, -0.2) is 32.1 Å². The molecule has 3 aromatic carbocycles. The van der Waals surface area contributed by atoms with Gasteiger partial charge in [-0.15, -0.1) is 0 Å². The molecular weight excluding hydrogens is 330 g/mol. The molecule has 138 valence electrons. The molecule has 0 atom stereocenters. The van der Waals surface area contributed by atoms with Crippen molar-refractivity contribution in [3.63, 3.8) is 0 Å². The molecular formula is C25H27NO. The molecule has 2 nitrogen and oxygen atoms in total. The van der Waals surface area contributed by atoms with Crippen molar-refractivity contribution in [3.8, 4) is 5.75 Å². The van der Waals surface area contributed by atoms with E-state index in [4.69, 9.17) is 4.74 Å². The Morgan fingerprint density at radius 2 is 1.22 bits per heavy atom. The Labute approximate surface area is 162 Å². The lowest BCUT2D eigenvalue weighted by molar-refractivity contribution is 0.261. The minimum absolute atomic E-state index is 0.695. The van der Waals surface area contributed by atoms with Gasteiger partial charge in [-0.1, -0.05) is 72.8 Å². The minimum Gasteiger partial charge on any atom is -0.492 e. The molecule has 3 rings (SSSR count). The monoisotopic (exact) mass is 357 g/mol. The Bertz CT molecular complexity index is 824. The molecule has 0 saturated heterocycles. The van der Waals surface area contributed by atoms with E-state index in [1.807, 2.05) is 0 Å². The predicted molar refractivity (Wildman–Crippen MR) is 115 cm³/mol. The second-order valence-corrected chi connectivity index (χ2v) is 6.91. The van der Waals surface area contributed by atoms with Crippen LogP contribution >= 0.6 is 0 Å². The summed E-state index contributed by atoms with van der Waals surface area (Å²) in [6, 6.07) is 29.6. The first kappa shape index (κ1) is 18.9. The van der Waals surface area contributed by atoms with Crippen molar-refractivity contribution >= 4 is 11.1 Å². The lowest BCUT2D eigenvalue weighted by Crippen LogP contribution is -2.19. The largest absolute Gasteiger partial charge is 0.492 e. The lowest BCUT2D eigenvalue weighted by atomic mass is 9.90. The van der Waals surface area contributed by atoms with Crippen LogP contribution in [0, 0.1) is 0 Å². The third-order valence-electron chi connectivity index (χ3n) is 4.59. The highest BCUT2D eigenvalue weighted by Gasteiger charge is 2.10. The summed E-state index contributed by atoms with van der Waals surface area (Å²) < 4.78 is 5.82. The highest BCUT2D eigenvalue weighted by atomic mass is 16.5. The normalized spacial score (nSPS) is 10.7. The maximum Gasteiger partial charge on any atom is 0.119 e. The molecule has 0 N–H and O–H groups in total. The van der Waals surface area contributed by atoms with E-state index < -0.39 is 0 Å². The van der Waals surface area contributed by atoms with Gasteiger partial charge >= 0.3 is 0 Å². The molecule has 3 aromatic rings. The molecule has 0 aromatic heterocycles. The predicted octanol–water partition coefficient (Wildman–Crippen LogP) is 5.61. The number of rotatable bonds is 7. The van der Waals surface area contributed by atoms with Crippen molar-refractivity contribution in [2.45, 2.75) is 6.92 Å². The topological polar surface area (TPSA) is 12.5 Å². The average molecular weight is 357 g/mol. The third-order valence-corrected chi connectivity index (χ3v) is 4.59. The molecule has 27 heavy (non-hydrogen) atoms. The van der Waals surface area contributed by atoms with Gasteiger partial charge in [0.25, 0.3) is 0 Å². The molecule has 0 radical (unpaired) electrons. The molecule has 0 spiro atoms. The smallest absolute Gasteiger partial charge is 0.119 e. The Kier molecular flexibility index (Phi) is 6.45. The van der Waals surface area contributed by atoms with E-state index in [0.717, 1.165) is 12.3 Å². The first-order chi connectivity index (χ1) is 13.1. The molecule has 0 aliphatic rings. The van der Waals surface area contributed by atoms with Crippen molar-refractivity contribution in [2.75, 3.05) is 27.2 Å². The van der Waals surface area contributed by atoms with Crippen molar-refractivity contribution in [3.05, 3.63) is 102 Å². The van der Waals surface area contributed by atoms with Gasteiger partial charge in [0.2, 0.25) is 0 Å². The number of allylic oxidation sites excluding steroid dienone is 1. The fourth-order valence-corrected chi connectivity index (χ4v) is 3.10. The first-order valence-corrected chi connectivity index (χ1v) is 9.35. The van der Waals surface area contributed by atoms with Gasteiger partial charge in [-0.05, 0) is 61.0 Å². The number of benzene rings is 3. The Hall–Kier alpha value is -2.84. The number of nitrogens with zero attached hydrogens (tertiary/aromatic N) is 1. The zero-order valence-corrected chi connectivity index (χ0v) is 16.4. The van der Waals surface area contributed by atoms with Gasteiger partial charge in [-0.2, -0.15) is 0 Å². The summed E-state index contributed by atoms with van der Waals surface area (Å²) in [5, 5.41) is 0. The van der Waals surface area contributed by atoms with Crippen molar-refractivity contribution in [1.82, 2.24) is 4.90 Å². The number of likely N-dealkylation sites (N-methyl/N-ethyl adjacent to an activating group) is 1. The molecule has 0 bridgehead atoms. The summed E-state index contributed by atoms with van der Waals surface area (Å²) >= 11 is 0. The summed E-state index contributed by atoms with van der Waals surface area (Å²) in [7, 11) is 4.10. The van der Waals surface area contributed by atoms with E-state index in [-0.39, 0.29) is 0 Å². The van der Waals surface area contributed by atoms with E-state index in [2.05, 4.69) is 111 Å². The molecule has 2 heteroatoms. The fraction of sp³-hybridized carbons (Fsp3) is 0.200. The lowest BCUT2D eigenvalue weighted by Gasteiger charge is -2.15. The first-order valence-electron chi connectivity index (χ1n) is 9.35. The van der Waals surface area contributed by atoms with Gasteiger partial charge in [0, 0.05) is 6.54 Å². The van der Waals surface area contributed by atoms with E-state index in [9.17, 15) is 0 Å². The van der Waals surface area contributed by atoms with Crippen LogP contribution in [0.4, 0.5) is 0 Å². The summed E-state index contributed by atoms with van der Waals surface area (Å²) in [6.45, 7) is 3.80. The summed E-state index contributed by atoms with van der Waals surface area (Å²) in [4.78, 5) is 2.12. The van der Waals surface area contributed by atoms with Gasteiger partial charge < -0.3 is 9.64 Å². The fourth-order valence-electron chi connectivity index (χ4n) is 3.10. The van der Waals surface area contributed by atoms with Gasteiger partial charge in [0.1, 0.15) is 12.4 Å². The molecule has 0 aliphatic heterocycles. The van der Waals surface area contributed by atoms with Crippen molar-refractivity contribution < 1.29 is 4.74 Å². The molecule has 0 unspecified atom stereocenters. The standard InChI is InChI=1S/C25H27NO/c1-20(21-14-16-24(17-15-21)27-19-18-26(2)3)25(22-10-6-4-7-11-22)23-12-8-5-9-13-23/h4-17H,18-19H2,1-3H3. The number of ether oxygens (including phenoxy) is 1. The van der Waals surface area contributed by atoms with E-state index in [0.29, 0.717) is 6.61 Å². The maximum absolute atomic E-state index is 5.82. The summed E-state index contributed by atoms with van der Waals surface area (Å²) in [5.74, 6) is 0.911. The Balaban J connectivity index is 1.93. The Morgan fingerprint density at radius 3 is 1.70 bits per heavy atom. The molecule has 0 heterocycles. The van der Waals surface area contributed by atoms with Crippen molar-refractivity contribution in [2.24, 2.45) is 0 Å². The van der Waals surface area contributed by atoms with Crippen LogP contribution in [0.2, 0.25) is 0 Å². The maximum atomic E-state index is 5.82. The van der Waals surface area contributed by atoms with Crippen LogP contribution in [0.25, 0.3) is 11.1 Å². The van der Waals surface area contributed by atoms with Gasteiger partial charge in [-0.25, -0.2) is 0 Å². The molecule has 0 amide bonds. The molecule has 0 fully saturated rings. The highest BCUT2D eigenvalue weighted by molar-refractivity contribution is 5.97. The Morgan fingerprint density at radius 1 is 0.704 bits per heavy atom. The SMILES string of the molecule is CC(=C(c1ccccc1)c1ccccc1)c1ccc(OCCN(C)C)cc1. The second kappa shape index (κ2) is 9.20. The summed E-state index contributed by atoms with van der Waals surface area (Å²) in [5.41, 5.74) is 6.18. The van der Waals surface area contributed by atoms with E-state index in [1.165, 1.54) is 27.8 Å². The van der Waals surface area contributed by atoms with Crippen LogP contribution in [0.5, 0.6) is 5.75 Å². The van der Waals surface area contributed by atoms with Gasteiger partial charge in [0.15, 0.2) is 0 Å². The summed E-state index contributed by atoms with van der Waals surface area (Å²) in [6.07, 6.45) is 0. The highest BCUT2D eigenvalue weighted by Crippen LogP contribution is 2.32. The van der Waals surface area contributed by atoms with Crippen LogP contribution in [0.3, 0.4) is 0 Å². The third kappa shape index (κ3) is 5.08. The quantitative estimate of drug-likeness (QED) is 0.510. The van der Waals surface area contributed by atoms with Crippen LogP contribution < -0.4 is 4.74 Å². The van der Waals surface area contributed by atoms with Crippen LogP contribution in [-0.2, 0) is 0 Å². The van der Waals surface area contributed by atoms with E-state index >= 15 is 0 Å². The van der Waals surface area contributed by atoms with Gasteiger partial charge in [-0.3, -0.25) is 0 Å². The second-order valence-electron chi connectivity index (χ2n) is 6.91. The zero-order chi connectivity index (χ0) is 19.1. The minimum atomic E-state index is 0.695. The van der Waals surface area contributed by atoms with Crippen LogP contribution in [0.1, 0.15) is 23.6 Å². The zero-order valence-electron chi connectivity index (χ0n) is 16.4. The van der Waals surface area contributed by atoms with Crippen LogP contribution in [0.15, 0.2) is 84.9 Å². The number of hydrogen-bond donors (Lipinski definition) is 0. The number of hydrogen-bond acceptors (Lipinski definition) is 2. The molecule has 0 aliphatic carbocycles. The average Bonchev–Trinajstić information content (AvgIpc) is 2.70. The van der Waals surface area contributed by atoms with E-state index in [1.54, 1.807) is 0 Å².